The third-order valence-corrected chi connectivity index (χ3v) is 4.05. The number of unbranched alkanes of at least 4 members (excludes halogenated alkanes) is 1. The van der Waals surface area contributed by atoms with Crippen molar-refractivity contribution in [3.05, 3.63) is 23.5 Å². The lowest BCUT2D eigenvalue weighted by Crippen LogP contribution is -2.40. The van der Waals surface area contributed by atoms with Gasteiger partial charge < -0.3 is 9.47 Å². The molecule has 100 valence electrons. The molecule has 1 aromatic heterocycles. The number of rotatable bonds is 4. The molecule has 1 aromatic rings. The molecule has 2 heterocycles. The van der Waals surface area contributed by atoms with Crippen molar-refractivity contribution in [2.24, 2.45) is 0 Å². The van der Waals surface area contributed by atoms with Crippen LogP contribution in [0.3, 0.4) is 0 Å². The van der Waals surface area contributed by atoms with E-state index in [2.05, 4.69) is 30.5 Å². The number of hydrogen-bond acceptors (Lipinski definition) is 1. The summed E-state index contributed by atoms with van der Waals surface area (Å²) in [5, 5.41) is 0. The molecule has 0 spiro atoms. The Hall–Kier alpha value is -0.960. The number of carbonyl (C=O) groups is 1. The van der Waals surface area contributed by atoms with E-state index < -0.39 is 0 Å². The van der Waals surface area contributed by atoms with Gasteiger partial charge in [-0.25, -0.2) is 0 Å². The normalized spacial score (nSPS) is 18.8. The first-order valence-electron chi connectivity index (χ1n) is 6.66. The van der Waals surface area contributed by atoms with E-state index in [0.29, 0.717) is 12.3 Å². The first-order chi connectivity index (χ1) is 8.65. The summed E-state index contributed by atoms with van der Waals surface area (Å²) in [5.41, 5.74) is 2.54. The number of aryl methyl sites for hydroxylation is 1. The average molecular weight is 269 g/mol. The highest BCUT2D eigenvalue weighted by Crippen LogP contribution is 2.27. The Morgan fingerprint density at radius 2 is 2.17 bits per heavy atom. The minimum atomic E-state index is 0.191. The number of halogens is 1. The summed E-state index contributed by atoms with van der Waals surface area (Å²) in [6, 6.07) is 4.46. The molecule has 0 saturated heterocycles. The number of fused-ring (bicyclic) bond motifs is 1. The van der Waals surface area contributed by atoms with Gasteiger partial charge in [-0.15, -0.1) is 11.6 Å². The van der Waals surface area contributed by atoms with E-state index in [1.165, 1.54) is 11.4 Å². The number of hydrogen-bond donors (Lipinski definition) is 0. The highest BCUT2D eigenvalue weighted by Gasteiger charge is 2.27. The van der Waals surface area contributed by atoms with Crippen LogP contribution in [0.15, 0.2) is 12.1 Å². The van der Waals surface area contributed by atoms with Gasteiger partial charge in [0.05, 0.1) is 6.04 Å². The summed E-state index contributed by atoms with van der Waals surface area (Å²) in [7, 11) is 0. The van der Waals surface area contributed by atoms with E-state index in [0.717, 1.165) is 25.9 Å². The molecule has 0 aliphatic carbocycles. The minimum absolute atomic E-state index is 0.191. The fraction of sp³-hybridized carbons (Fsp3) is 0.643. The Morgan fingerprint density at radius 1 is 1.39 bits per heavy atom. The van der Waals surface area contributed by atoms with Gasteiger partial charge in [0.15, 0.2) is 0 Å². The Morgan fingerprint density at radius 3 is 2.89 bits per heavy atom. The van der Waals surface area contributed by atoms with Gasteiger partial charge >= 0.3 is 0 Å². The number of amides is 1. The van der Waals surface area contributed by atoms with Crippen molar-refractivity contribution in [1.29, 1.82) is 0 Å². The minimum Gasteiger partial charge on any atom is -0.345 e. The van der Waals surface area contributed by atoms with Crippen LogP contribution in [0.2, 0.25) is 0 Å². The Bertz CT molecular complexity index is 427. The summed E-state index contributed by atoms with van der Waals surface area (Å²) in [4.78, 5) is 14.2. The molecule has 2 rings (SSSR count). The van der Waals surface area contributed by atoms with Crippen molar-refractivity contribution < 1.29 is 4.79 Å². The summed E-state index contributed by atoms with van der Waals surface area (Å²) in [5.74, 6) is 0.906. The van der Waals surface area contributed by atoms with Crippen LogP contribution in [0, 0.1) is 6.92 Å². The zero-order chi connectivity index (χ0) is 13.1. The van der Waals surface area contributed by atoms with Crippen molar-refractivity contribution in [3.8, 4) is 0 Å². The van der Waals surface area contributed by atoms with Crippen LogP contribution in [0.1, 0.15) is 43.6 Å². The van der Waals surface area contributed by atoms with E-state index in [-0.39, 0.29) is 11.9 Å². The van der Waals surface area contributed by atoms with Crippen LogP contribution in [0.4, 0.5) is 0 Å². The maximum Gasteiger partial charge on any atom is 0.223 e. The molecule has 3 nitrogen and oxygen atoms in total. The molecule has 0 bridgehead atoms. The summed E-state index contributed by atoms with van der Waals surface area (Å²) in [6.07, 6.45) is 2.44. The first kappa shape index (κ1) is 13.5. The van der Waals surface area contributed by atoms with Gasteiger partial charge in [-0.1, -0.05) is 0 Å². The van der Waals surface area contributed by atoms with Gasteiger partial charge in [0.2, 0.25) is 5.91 Å². The van der Waals surface area contributed by atoms with E-state index in [1.807, 2.05) is 4.90 Å². The molecule has 4 heteroatoms. The molecule has 1 atom stereocenters. The topological polar surface area (TPSA) is 25.2 Å². The number of alkyl halides is 1. The van der Waals surface area contributed by atoms with Crippen LogP contribution in [-0.2, 0) is 11.3 Å². The molecule has 0 radical (unpaired) electrons. The average Bonchev–Trinajstić information content (AvgIpc) is 2.73. The number of carbonyl (C=O) groups excluding carboxylic acids is 1. The maximum atomic E-state index is 12.2. The van der Waals surface area contributed by atoms with Gasteiger partial charge in [-0.05, 0) is 38.8 Å². The van der Waals surface area contributed by atoms with Gasteiger partial charge in [0.25, 0.3) is 0 Å². The molecular weight excluding hydrogens is 248 g/mol. The van der Waals surface area contributed by atoms with Gasteiger partial charge in [0.1, 0.15) is 0 Å². The van der Waals surface area contributed by atoms with E-state index in [9.17, 15) is 4.79 Å². The second kappa shape index (κ2) is 5.79. The second-order valence-corrected chi connectivity index (χ2v) is 5.34. The summed E-state index contributed by atoms with van der Waals surface area (Å²) in [6.45, 7) is 5.97. The Kier molecular flexibility index (Phi) is 4.33. The second-order valence-electron chi connectivity index (χ2n) is 4.96. The molecular formula is C14H21ClN2O. The lowest BCUT2D eigenvalue weighted by atomic mass is 10.1. The van der Waals surface area contributed by atoms with Crippen molar-refractivity contribution in [3.63, 3.8) is 0 Å². The van der Waals surface area contributed by atoms with Crippen LogP contribution >= 0.6 is 11.6 Å². The monoisotopic (exact) mass is 268 g/mol. The number of nitrogens with zero attached hydrogens (tertiary/aromatic N) is 2. The summed E-state index contributed by atoms with van der Waals surface area (Å²) >= 11 is 5.64. The number of aromatic nitrogens is 1. The molecule has 0 aromatic carbocycles. The molecule has 1 aliphatic rings. The third-order valence-electron chi connectivity index (χ3n) is 3.79. The highest BCUT2D eigenvalue weighted by molar-refractivity contribution is 6.17. The summed E-state index contributed by atoms with van der Waals surface area (Å²) < 4.78 is 2.31. The van der Waals surface area contributed by atoms with Crippen LogP contribution in [0.25, 0.3) is 0 Å². The maximum absolute atomic E-state index is 12.2. The molecule has 1 amide bonds. The standard InChI is InChI=1S/C14H21ClN2O/c1-11-6-7-13-12(2)17(10-9-16(11)13)14(18)5-3-4-8-15/h6-7,12H,3-5,8-10H2,1-2H3. The molecule has 1 aliphatic heterocycles. The fourth-order valence-corrected chi connectivity index (χ4v) is 2.86. The highest BCUT2D eigenvalue weighted by atomic mass is 35.5. The van der Waals surface area contributed by atoms with Crippen molar-refractivity contribution in [1.82, 2.24) is 9.47 Å². The molecule has 0 fully saturated rings. The van der Waals surface area contributed by atoms with Crippen LogP contribution in [0.5, 0.6) is 0 Å². The smallest absolute Gasteiger partial charge is 0.223 e. The quantitative estimate of drug-likeness (QED) is 0.608. The molecule has 0 saturated carbocycles. The van der Waals surface area contributed by atoms with Crippen molar-refractivity contribution in [2.75, 3.05) is 12.4 Å². The zero-order valence-electron chi connectivity index (χ0n) is 11.2. The van der Waals surface area contributed by atoms with Gasteiger partial charge in [-0.2, -0.15) is 0 Å². The third kappa shape index (κ3) is 2.56. The lowest BCUT2D eigenvalue weighted by Gasteiger charge is -2.35. The van der Waals surface area contributed by atoms with Crippen LogP contribution < -0.4 is 0 Å². The largest absolute Gasteiger partial charge is 0.345 e. The Labute approximate surface area is 114 Å². The van der Waals surface area contributed by atoms with E-state index in [1.54, 1.807) is 0 Å². The van der Waals surface area contributed by atoms with Crippen molar-refractivity contribution in [2.45, 2.75) is 45.7 Å². The molecule has 0 N–H and O–H groups in total. The van der Waals surface area contributed by atoms with E-state index in [4.69, 9.17) is 11.6 Å². The van der Waals surface area contributed by atoms with Crippen molar-refractivity contribution >= 4 is 17.5 Å². The predicted molar refractivity (Wildman–Crippen MR) is 73.9 cm³/mol. The lowest BCUT2D eigenvalue weighted by molar-refractivity contribution is -0.134. The molecule has 18 heavy (non-hydrogen) atoms. The van der Waals surface area contributed by atoms with E-state index >= 15 is 0 Å². The van der Waals surface area contributed by atoms with Gasteiger partial charge in [0, 0.05) is 36.8 Å². The van der Waals surface area contributed by atoms with Crippen LogP contribution in [-0.4, -0.2) is 27.8 Å². The van der Waals surface area contributed by atoms with Gasteiger partial charge in [-0.3, -0.25) is 4.79 Å². The fourth-order valence-electron chi connectivity index (χ4n) is 2.68. The zero-order valence-corrected chi connectivity index (χ0v) is 11.9. The Balaban J connectivity index is 2.02. The predicted octanol–water partition coefficient (Wildman–Crippen LogP) is 3.11. The molecule has 1 unspecified atom stereocenters. The SMILES string of the molecule is Cc1ccc2n1CCN(C(=O)CCCCCl)C2C. The first-order valence-corrected chi connectivity index (χ1v) is 7.20.